The van der Waals surface area contributed by atoms with Crippen LogP contribution in [0.5, 0.6) is 0 Å². The highest BCUT2D eigenvalue weighted by atomic mass is 28.3. The van der Waals surface area contributed by atoms with Gasteiger partial charge in [-0.25, -0.2) is 0 Å². The summed E-state index contributed by atoms with van der Waals surface area (Å²) in [6, 6.07) is 6.79. The van der Waals surface area contributed by atoms with Crippen LogP contribution in [0.2, 0.25) is 13.1 Å². The number of hydrogen-bond acceptors (Lipinski definition) is 1. The van der Waals surface area contributed by atoms with Crippen molar-refractivity contribution in [3.05, 3.63) is 57.8 Å². The third-order valence-electron chi connectivity index (χ3n) is 5.12. The number of hydrogen-bond donors (Lipinski definition) is 1. The Kier molecular flexibility index (Phi) is 2.51. The maximum absolute atomic E-state index is 9.26. The van der Waals surface area contributed by atoms with Gasteiger partial charge in [0.05, 0.1) is 0 Å². The molecule has 4 rings (SSSR count). The minimum atomic E-state index is -1.14. The van der Waals surface area contributed by atoms with Crippen molar-refractivity contribution in [2.24, 2.45) is 0 Å². The lowest BCUT2D eigenvalue weighted by atomic mass is 9.93. The lowest BCUT2D eigenvalue weighted by Gasteiger charge is -2.18. The average Bonchev–Trinajstić information content (AvgIpc) is 2.83. The fourth-order valence-corrected chi connectivity index (χ4v) is 7.60. The Morgan fingerprint density at radius 2 is 2.10 bits per heavy atom. The van der Waals surface area contributed by atoms with E-state index in [0.717, 1.165) is 12.8 Å². The molecule has 102 valence electrons. The molecule has 2 aliphatic carbocycles. The predicted octanol–water partition coefficient (Wildman–Crippen LogP) is 3.89. The molecule has 1 nitrogen and oxygen atoms in total. The molecule has 2 heteroatoms. The number of fused-ring (bicyclic) bond motifs is 2. The Morgan fingerprint density at radius 1 is 1.25 bits per heavy atom. The van der Waals surface area contributed by atoms with Crippen molar-refractivity contribution in [3.8, 4) is 0 Å². The number of allylic oxidation sites excluding steroid dienone is 4. The summed E-state index contributed by atoms with van der Waals surface area (Å²) < 4.78 is 0. The number of aliphatic hydroxyl groups excluding tert-OH is 1. The third kappa shape index (κ3) is 1.52. The summed E-state index contributed by atoms with van der Waals surface area (Å²) in [5, 5.41) is 12.8. The van der Waals surface area contributed by atoms with E-state index >= 15 is 0 Å². The van der Waals surface area contributed by atoms with Crippen LogP contribution in [0.4, 0.5) is 0 Å². The van der Waals surface area contributed by atoms with Crippen LogP contribution >= 0.6 is 0 Å². The van der Waals surface area contributed by atoms with Gasteiger partial charge in [0.2, 0.25) is 0 Å². The standard InChI is InChI=1S/C18H20OSi/c1-20(2)16-11-13-6-4-8-15(17(13)18(16)20)14-7-3-5-12(14)9-10-19/h3-6,8,19H,7,9-11H2,1-2H3. The fourth-order valence-electron chi connectivity index (χ4n) is 3.99. The van der Waals surface area contributed by atoms with Crippen LogP contribution in [-0.4, -0.2) is 19.8 Å². The van der Waals surface area contributed by atoms with Gasteiger partial charge < -0.3 is 5.11 Å². The van der Waals surface area contributed by atoms with Crippen molar-refractivity contribution in [1.82, 2.24) is 0 Å². The van der Waals surface area contributed by atoms with Gasteiger partial charge in [0.1, 0.15) is 8.07 Å². The second-order valence-corrected chi connectivity index (χ2v) is 10.9. The second kappa shape index (κ2) is 4.06. The van der Waals surface area contributed by atoms with Crippen molar-refractivity contribution in [2.45, 2.75) is 32.4 Å². The van der Waals surface area contributed by atoms with E-state index in [1.807, 2.05) is 0 Å². The maximum atomic E-state index is 9.26. The van der Waals surface area contributed by atoms with E-state index in [-0.39, 0.29) is 6.61 Å². The van der Waals surface area contributed by atoms with E-state index in [4.69, 9.17) is 0 Å². The maximum Gasteiger partial charge on any atom is 0.108 e. The highest BCUT2D eigenvalue weighted by Crippen LogP contribution is 2.58. The molecular weight excluding hydrogens is 260 g/mol. The molecule has 0 saturated heterocycles. The van der Waals surface area contributed by atoms with Gasteiger partial charge in [-0.3, -0.25) is 0 Å². The van der Waals surface area contributed by atoms with Crippen LogP contribution < -0.4 is 0 Å². The third-order valence-corrected chi connectivity index (χ3v) is 8.61. The lowest BCUT2D eigenvalue weighted by molar-refractivity contribution is 0.300. The number of aliphatic hydroxyl groups is 1. The largest absolute Gasteiger partial charge is 0.396 e. The summed E-state index contributed by atoms with van der Waals surface area (Å²) >= 11 is 0. The van der Waals surface area contributed by atoms with E-state index in [1.165, 1.54) is 28.7 Å². The van der Waals surface area contributed by atoms with Crippen molar-refractivity contribution in [2.75, 3.05) is 6.61 Å². The molecule has 0 saturated carbocycles. The molecule has 0 spiro atoms. The zero-order chi connectivity index (χ0) is 13.9. The van der Waals surface area contributed by atoms with Gasteiger partial charge in [-0.05, 0) is 47.1 Å². The summed E-state index contributed by atoms with van der Waals surface area (Å²) in [5.74, 6) is 0. The van der Waals surface area contributed by atoms with Crippen LogP contribution in [0.25, 0.3) is 10.8 Å². The van der Waals surface area contributed by atoms with Gasteiger partial charge in [-0.1, -0.05) is 53.8 Å². The first-order valence-electron chi connectivity index (χ1n) is 7.50. The topological polar surface area (TPSA) is 20.2 Å². The summed E-state index contributed by atoms with van der Waals surface area (Å²) in [5.41, 5.74) is 7.31. The molecule has 1 N–H and O–H groups in total. The quantitative estimate of drug-likeness (QED) is 0.833. The summed E-state index contributed by atoms with van der Waals surface area (Å²) in [4.78, 5) is 0. The summed E-state index contributed by atoms with van der Waals surface area (Å²) in [7, 11) is -1.14. The molecule has 20 heavy (non-hydrogen) atoms. The van der Waals surface area contributed by atoms with Crippen molar-refractivity contribution in [3.63, 3.8) is 0 Å². The van der Waals surface area contributed by atoms with E-state index < -0.39 is 8.07 Å². The van der Waals surface area contributed by atoms with Gasteiger partial charge >= 0.3 is 0 Å². The Bertz CT molecular complexity index is 704. The van der Waals surface area contributed by atoms with E-state index in [0.29, 0.717) is 0 Å². The van der Waals surface area contributed by atoms with Crippen LogP contribution in [-0.2, 0) is 6.42 Å². The first-order valence-corrected chi connectivity index (χ1v) is 10.5. The SMILES string of the molecule is C[Si]1(C)C2=C1c1c(cccc1C1=C(CCO)C=CC1)C2. The number of rotatable bonds is 3. The van der Waals surface area contributed by atoms with Crippen molar-refractivity contribution >= 4 is 18.8 Å². The molecule has 0 radical (unpaired) electrons. The first-order chi connectivity index (χ1) is 9.64. The van der Waals surface area contributed by atoms with Crippen LogP contribution in [0.1, 0.15) is 29.5 Å². The van der Waals surface area contributed by atoms with Crippen LogP contribution in [0, 0.1) is 0 Å². The molecule has 0 aromatic heterocycles. The highest BCUT2D eigenvalue weighted by Gasteiger charge is 2.52. The molecule has 1 heterocycles. The molecule has 3 aliphatic rings. The molecule has 1 aromatic carbocycles. The van der Waals surface area contributed by atoms with Gasteiger partial charge in [0, 0.05) is 6.61 Å². The molecular formula is C18H20OSi. The van der Waals surface area contributed by atoms with Gasteiger partial charge in [0.25, 0.3) is 0 Å². The normalized spacial score (nSPS) is 21.6. The summed E-state index contributed by atoms with van der Waals surface area (Å²) in [6.07, 6.45) is 7.44. The van der Waals surface area contributed by atoms with Gasteiger partial charge in [-0.2, -0.15) is 0 Å². The minimum absolute atomic E-state index is 0.242. The average molecular weight is 280 g/mol. The number of benzene rings is 1. The van der Waals surface area contributed by atoms with E-state index in [1.54, 1.807) is 16.0 Å². The van der Waals surface area contributed by atoms with Crippen molar-refractivity contribution < 1.29 is 5.11 Å². The molecule has 1 aromatic rings. The highest BCUT2D eigenvalue weighted by molar-refractivity contribution is 7.13. The van der Waals surface area contributed by atoms with Crippen LogP contribution in [0.15, 0.2) is 41.1 Å². The van der Waals surface area contributed by atoms with Gasteiger partial charge in [0.15, 0.2) is 0 Å². The Balaban J connectivity index is 1.84. The molecule has 1 aliphatic heterocycles. The molecule has 0 fully saturated rings. The van der Waals surface area contributed by atoms with E-state index in [2.05, 4.69) is 43.4 Å². The zero-order valence-electron chi connectivity index (χ0n) is 12.2. The van der Waals surface area contributed by atoms with Crippen molar-refractivity contribution in [1.29, 1.82) is 0 Å². The Labute approximate surface area is 121 Å². The summed E-state index contributed by atoms with van der Waals surface area (Å²) in [6.45, 7) is 5.20. The Hall–Kier alpha value is -1.38. The molecule has 0 atom stereocenters. The lowest BCUT2D eigenvalue weighted by Crippen LogP contribution is -2.16. The fraction of sp³-hybridized carbons (Fsp3) is 0.333. The molecule has 0 unspecified atom stereocenters. The molecule has 0 amide bonds. The smallest absolute Gasteiger partial charge is 0.108 e. The first kappa shape index (κ1) is 12.4. The zero-order valence-corrected chi connectivity index (χ0v) is 13.2. The minimum Gasteiger partial charge on any atom is -0.396 e. The van der Waals surface area contributed by atoms with Gasteiger partial charge in [-0.15, -0.1) is 0 Å². The van der Waals surface area contributed by atoms with Crippen LogP contribution in [0.3, 0.4) is 0 Å². The monoisotopic (exact) mass is 280 g/mol. The van der Waals surface area contributed by atoms with E-state index in [9.17, 15) is 5.11 Å². The Morgan fingerprint density at radius 3 is 2.90 bits per heavy atom. The predicted molar refractivity (Wildman–Crippen MR) is 86.9 cm³/mol. The second-order valence-electron chi connectivity index (χ2n) is 6.58. The molecule has 0 bridgehead atoms.